The largest absolute Gasteiger partial charge is 0.480 e. The molecule has 0 heterocycles. The Morgan fingerprint density at radius 3 is 2.05 bits per heavy atom. The third kappa shape index (κ3) is 1.67. The van der Waals surface area contributed by atoms with Crippen molar-refractivity contribution in [3.05, 3.63) is 58.7 Å². The zero-order valence-corrected chi connectivity index (χ0v) is 11.2. The van der Waals surface area contributed by atoms with Crippen LogP contribution >= 0.6 is 0 Å². The molecule has 0 amide bonds. The Labute approximate surface area is 124 Å². The molecule has 0 saturated carbocycles. The van der Waals surface area contributed by atoms with E-state index >= 15 is 0 Å². The molecular weight excluding hydrogens is 288 g/mol. The average molecular weight is 298 g/mol. The minimum Gasteiger partial charge on any atom is -0.480 e. The van der Waals surface area contributed by atoms with Crippen LogP contribution in [0.5, 0.6) is 0 Å². The lowest BCUT2D eigenvalue weighted by Crippen LogP contribution is -2.41. The van der Waals surface area contributed by atoms with Crippen LogP contribution in [-0.4, -0.2) is 33.7 Å². The number of aliphatic carboxylic acids is 2. The average Bonchev–Trinajstić information content (AvgIpc) is 2.51. The van der Waals surface area contributed by atoms with Crippen LogP contribution in [0.2, 0.25) is 0 Å². The van der Waals surface area contributed by atoms with E-state index in [4.69, 9.17) is 0 Å². The Kier molecular flexibility index (Phi) is 2.84. The summed E-state index contributed by atoms with van der Waals surface area (Å²) in [5, 5.41) is 18.5. The van der Waals surface area contributed by atoms with Gasteiger partial charge in [-0.15, -0.1) is 0 Å². The highest BCUT2D eigenvalue weighted by atomic mass is 16.4. The second-order valence-electron chi connectivity index (χ2n) is 5.19. The summed E-state index contributed by atoms with van der Waals surface area (Å²) in [6.45, 7) is 0. The molecule has 2 aliphatic carbocycles. The monoisotopic (exact) mass is 298 g/mol. The van der Waals surface area contributed by atoms with E-state index < -0.39 is 35.3 Å². The fraction of sp³-hybridized carbons (Fsp3) is 0.125. The van der Waals surface area contributed by atoms with Gasteiger partial charge in [0.2, 0.25) is 0 Å². The molecule has 0 radical (unpaired) electrons. The first kappa shape index (κ1) is 13.9. The Hall–Kier alpha value is -3.02. The Balaban J connectivity index is 2.17. The molecule has 2 aliphatic rings. The van der Waals surface area contributed by atoms with Gasteiger partial charge >= 0.3 is 11.9 Å². The first-order valence-corrected chi connectivity index (χ1v) is 6.46. The summed E-state index contributed by atoms with van der Waals surface area (Å²) in [5.74, 6) is -4.03. The number of carboxylic acids is 2. The van der Waals surface area contributed by atoms with E-state index in [-0.39, 0.29) is 22.3 Å². The summed E-state index contributed by atoms with van der Waals surface area (Å²) in [6.07, 6.45) is 1.56. The lowest BCUT2D eigenvalue weighted by molar-refractivity contribution is -0.160. The van der Waals surface area contributed by atoms with Crippen molar-refractivity contribution in [3.8, 4) is 0 Å². The van der Waals surface area contributed by atoms with Gasteiger partial charge in [-0.3, -0.25) is 19.2 Å². The molecule has 0 fully saturated rings. The summed E-state index contributed by atoms with van der Waals surface area (Å²) in [7, 11) is 0. The van der Waals surface area contributed by atoms with Crippen LogP contribution < -0.4 is 0 Å². The summed E-state index contributed by atoms with van der Waals surface area (Å²) in [6, 6.07) is 6.21. The van der Waals surface area contributed by atoms with Gasteiger partial charge < -0.3 is 10.2 Å². The van der Waals surface area contributed by atoms with Crippen molar-refractivity contribution in [3.63, 3.8) is 0 Å². The predicted molar refractivity (Wildman–Crippen MR) is 73.6 cm³/mol. The van der Waals surface area contributed by atoms with Gasteiger partial charge in [0.05, 0.1) is 0 Å². The summed E-state index contributed by atoms with van der Waals surface area (Å²) >= 11 is 0. The zero-order chi connectivity index (χ0) is 16.1. The molecule has 0 atom stereocenters. The molecule has 2 N–H and O–H groups in total. The number of rotatable bonds is 2. The first-order chi connectivity index (χ1) is 10.4. The Morgan fingerprint density at radius 1 is 0.955 bits per heavy atom. The number of benzene rings is 1. The number of carbonyl (C=O) groups excluding carboxylic acids is 2. The van der Waals surface area contributed by atoms with Gasteiger partial charge in [0.15, 0.2) is 17.0 Å². The van der Waals surface area contributed by atoms with Crippen LogP contribution in [0.15, 0.2) is 47.6 Å². The van der Waals surface area contributed by atoms with Crippen LogP contribution in [0.1, 0.15) is 27.1 Å². The van der Waals surface area contributed by atoms with Gasteiger partial charge in [-0.25, -0.2) is 0 Å². The normalized spacial score (nSPS) is 18.7. The Morgan fingerprint density at radius 2 is 1.50 bits per heavy atom. The van der Waals surface area contributed by atoms with Crippen LogP contribution in [-0.2, 0) is 9.59 Å². The zero-order valence-electron chi connectivity index (χ0n) is 11.2. The molecule has 0 bridgehead atoms. The standard InChI is InChI=1S/C16H10O6/c17-12-8-3-1-2-4-9(8)13(18)11-7-16(14(19)20,15(21)22)6-5-10(11)12/h1-6H,7H2,(H,19,20)(H,21,22). The number of Topliss-reactive ketones (excluding diaryl/α,β-unsaturated/α-hetero) is 2. The first-order valence-electron chi connectivity index (χ1n) is 6.46. The highest BCUT2D eigenvalue weighted by molar-refractivity contribution is 6.28. The van der Waals surface area contributed by atoms with Crippen LogP contribution in [0.3, 0.4) is 0 Å². The summed E-state index contributed by atoms with van der Waals surface area (Å²) < 4.78 is 0. The number of ketones is 2. The molecule has 0 unspecified atom stereocenters. The van der Waals surface area contributed by atoms with Gasteiger partial charge in [0.25, 0.3) is 0 Å². The molecule has 6 heteroatoms. The van der Waals surface area contributed by atoms with Crippen LogP contribution in [0.4, 0.5) is 0 Å². The van der Waals surface area contributed by atoms with Crippen molar-refractivity contribution in [1.82, 2.24) is 0 Å². The number of hydrogen-bond donors (Lipinski definition) is 2. The van der Waals surface area contributed by atoms with Crippen molar-refractivity contribution in [2.24, 2.45) is 5.41 Å². The number of carbonyl (C=O) groups is 4. The number of allylic oxidation sites excluding steroid dienone is 3. The Bertz CT molecular complexity index is 798. The van der Waals surface area contributed by atoms with Crippen molar-refractivity contribution in [1.29, 1.82) is 0 Å². The predicted octanol–water partition coefficient (Wildman–Crippen LogP) is 1.48. The van der Waals surface area contributed by atoms with E-state index in [0.29, 0.717) is 0 Å². The van der Waals surface area contributed by atoms with Crippen molar-refractivity contribution >= 4 is 23.5 Å². The lowest BCUT2D eigenvalue weighted by Gasteiger charge is -2.29. The van der Waals surface area contributed by atoms with E-state index in [1.54, 1.807) is 12.1 Å². The van der Waals surface area contributed by atoms with Crippen LogP contribution in [0.25, 0.3) is 0 Å². The second-order valence-corrected chi connectivity index (χ2v) is 5.19. The fourth-order valence-corrected chi connectivity index (χ4v) is 2.75. The summed E-state index contributed by atoms with van der Waals surface area (Å²) in [4.78, 5) is 47.6. The maximum Gasteiger partial charge on any atom is 0.325 e. The van der Waals surface area contributed by atoms with E-state index in [9.17, 15) is 29.4 Å². The highest BCUT2D eigenvalue weighted by Crippen LogP contribution is 2.40. The molecule has 110 valence electrons. The molecular formula is C16H10O6. The van der Waals surface area contributed by atoms with Gasteiger partial charge in [0, 0.05) is 28.7 Å². The van der Waals surface area contributed by atoms with E-state index in [2.05, 4.69) is 0 Å². The van der Waals surface area contributed by atoms with Gasteiger partial charge in [-0.2, -0.15) is 0 Å². The maximum absolute atomic E-state index is 12.5. The number of carboxylic acid groups (broad SMARTS) is 2. The molecule has 1 aromatic rings. The fourth-order valence-electron chi connectivity index (χ4n) is 2.75. The molecule has 0 spiro atoms. The van der Waals surface area contributed by atoms with Gasteiger partial charge in [-0.05, 0) is 0 Å². The van der Waals surface area contributed by atoms with Gasteiger partial charge in [-0.1, -0.05) is 36.4 Å². The third-order valence-electron chi connectivity index (χ3n) is 4.01. The van der Waals surface area contributed by atoms with Crippen molar-refractivity contribution < 1.29 is 29.4 Å². The van der Waals surface area contributed by atoms with E-state index in [1.165, 1.54) is 12.1 Å². The molecule has 22 heavy (non-hydrogen) atoms. The SMILES string of the molecule is O=C1C2=C(CC(C(=O)O)(C(=O)O)C=C2)C(=O)c2ccccc21. The lowest BCUT2D eigenvalue weighted by atomic mass is 9.70. The molecule has 0 aromatic heterocycles. The van der Waals surface area contributed by atoms with Crippen molar-refractivity contribution in [2.45, 2.75) is 6.42 Å². The number of hydrogen-bond acceptors (Lipinski definition) is 4. The topological polar surface area (TPSA) is 109 Å². The minimum absolute atomic E-state index is 0.0593. The van der Waals surface area contributed by atoms with E-state index in [0.717, 1.165) is 12.2 Å². The highest BCUT2D eigenvalue weighted by Gasteiger charge is 2.49. The van der Waals surface area contributed by atoms with Crippen molar-refractivity contribution in [2.75, 3.05) is 0 Å². The third-order valence-corrected chi connectivity index (χ3v) is 4.01. The van der Waals surface area contributed by atoms with Gasteiger partial charge in [0.1, 0.15) is 0 Å². The van der Waals surface area contributed by atoms with Crippen LogP contribution in [0, 0.1) is 5.41 Å². The quantitative estimate of drug-likeness (QED) is 0.800. The summed E-state index contributed by atoms with van der Waals surface area (Å²) in [5.41, 5.74) is -1.79. The second kappa shape index (κ2) is 4.49. The molecule has 1 aromatic carbocycles. The molecule has 3 rings (SSSR count). The molecule has 6 nitrogen and oxygen atoms in total. The number of fused-ring (bicyclic) bond motifs is 1. The smallest absolute Gasteiger partial charge is 0.325 e. The maximum atomic E-state index is 12.5. The van der Waals surface area contributed by atoms with E-state index in [1.807, 2.05) is 0 Å². The molecule has 0 saturated heterocycles. The molecule has 0 aliphatic heterocycles. The minimum atomic E-state index is -2.22.